The van der Waals surface area contributed by atoms with Crippen molar-refractivity contribution in [3.8, 4) is 5.75 Å². The lowest BCUT2D eigenvalue weighted by Gasteiger charge is -2.16. The summed E-state index contributed by atoms with van der Waals surface area (Å²) in [5.41, 5.74) is 5.22. The van der Waals surface area contributed by atoms with E-state index in [1.54, 1.807) is 18.4 Å². The molecule has 114 valence electrons. The minimum absolute atomic E-state index is 0.0508. The molecule has 0 aliphatic rings. The van der Waals surface area contributed by atoms with Crippen molar-refractivity contribution in [3.05, 3.63) is 45.9 Å². The van der Waals surface area contributed by atoms with Crippen LogP contribution in [0.2, 0.25) is 0 Å². The smallest absolute Gasteiger partial charge is 0.118 e. The Morgan fingerprint density at radius 2 is 1.95 bits per heavy atom. The lowest BCUT2D eigenvalue weighted by molar-refractivity contribution is 0.414. The van der Waals surface area contributed by atoms with Crippen molar-refractivity contribution in [2.24, 2.45) is 5.84 Å². The lowest BCUT2D eigenvalue weighted by atomic mass is 9.93. The number of nitrogens with one attached hydrogen (secondary N) is 1. The highest BCUT2D eigenvalue weighted by Crippen LogP contribution is 2.27. The predicted molar refractivity (Wildman–Crippen MR) is 87.6 cm³/mol. The molecule has 2 rings (SSSR count). The second-order valence-corrected chi connectivity index (χ2v) is 7.02. The van der Waals surface area contributed by atoms with Crippen molar-refractivity contribution in [1.82, 2.24) is 10.4 Å². The molecule has 0 saturated carbocycles. The number of benzene rings is 1. The first-order valence-electron chi connectivity index (χ1n) is 6.99. The van der Waals surface area contributed by atoms with E-state index >= 15 is 0 Å². The second kappa shape index (κ2) is 6.56. The maximum Gasteiger partial charge on any atom is 0.118 e. The molecule has 21 heavy (non-hydrogen) atoms. The molecule has 1 aromatic carbocycles. The largest absolute Gasteiger partial charge is 0.497 e. The number of thiazole rings is 1. The summed E-state index contributed by atoms with van der Waals surface area (Å²) in [5.74, 6) is 6.56. The molecule has 1 aromatic heterocycles. The van der Waals surface area contributed by atoms with E-state index in [4.69, 9.17) is 15.6 Å². The van der Waals surface area contributed by atoms with E-state index < -0.39 is 0 Å². The highest BCUT2D eigenvalue weighted by atomic mass is 32.1. The Bertz CT molecular complexity index is 572. The normalized spacial score (nSPS) is 13.2. The fourth-order valence-electron chi connectivity index (χ4n) is 2.03. The molecule has 0 radical (unpaired) electrons. The van der Waals surface area contributed by atoms with Crippen molar-refractivity contribution in [1.29, 1.82) is 0 Å². The van der Waals surface area contributed by atoms with Crippen molar-refractivity contribution in [2.45, 2.75) is 38.6 Å². The van der Waals surface area contributed by atoms with Crippen LogP contribution in [0.5, 0.6) is 5.75 Å². The van der Waals surface area contributed by atoms with Crippen LogP contribution in [0.1, 0.15) is 43.1 Å². The molecule has 0 saturated heterocycles. The first-order valence-corrected chi connectivity index (χ1v) is 7.87. The summed E-state index contributed by atoms with van der Waals surface area (Å²) in [6.07, 6.45) is 0.781. The molecule has 1 heterocycles. The van der Waals surface area contributed by atoms with Gasteiger partial charge >= 0.3 is 0 Å². The van der Waals surface area contributed by atoms with Gasteiger partial charge in [0.2, 0.25) is 0 Å². The monoisotopic (exact) mass is 305 g/mol. The standard InChI is InChI=1S/C16H23N3OS/c1-16(2,3)14-10-21-15(18-14)9-13(19-17)11-5-7-12(20-4)8-6-11/h5-8,10,13,19H,9,17H2,1-4H3. The molecule has 2 aromatic rings. The molecule has 5 heteroatoms. The first kappa shape index (κ1) is 15.9. The van der Waals surface area contributed by atoms with Gasteiger partial charge in [0.1, 0.15) is 5.75 Å². The number of nitrogens with two attached hydrogens (primary N) is 1. The van der Waals surface area contributed by atoms with Crippen LogP contribution in [-0.2, 0) is 11.8 Å². The maximum atomic E-state index is 5.71. The van der Waals surface area contributed by atoms with E-state index in [-0.39, 0.29) is 11.5 Å². The number of rotatable bonds is 5. The van der Waals surface area contributed by atoms with Crippen LogP contribution in [0.25, 0.3) is 0 Å². The van der Waals surface area contributed by atoms with Crippen molar-refractivity contribution in [2.75, 3.05) is 7.11 Å². The van der Waals surface area contributed by atoms with Gasteiger partial charge in [0.25, 0.3) is 0 Å². The van der Waals surface area contributed by atoms with E-state index in [2.05, 4.69) is 31.6 Å². The molecule has 0 aliphatic heterocycles. The Labute approximate surface area is 130 Å². The Morgan fingerprint density at radius 3 is 2.43 bits per heavy atom. The Balaban J connectivity index is 2.13. The zero-order chi connectivity index (χ0) is 15.5. The average molecular weight is 305 g/mol. The van der Waals surface area contributed by atoms with E-state index in [1.807, 2.05) is 24.3 Å². The van der Waals surface area contributed by atoms with Crippen LogP contribution in [0.4, 0.5) is 0 Å². The molecule has 4 nitrogen and oxygen atoms in total. The summed E-state index contributed by atoms with van der Waals surface area (Å²) in [6.45, 7) is 6.52. The third-order valence-corrected chi connectivity index (χ3v) is 4.29. The fourth-order valence-corrected chi connectivity index (χ4v) is 3.10. The van der Waals surface area contributed by atoms with Gasteiger partial charge < -0.3 is 4.74 Å². The van der Waals surface area contributed by atoms with E-state index in [0.717, 1.165) is 28.4 Å². The molecule has 0 aliphatic carbocycles. The van der Waals surface area contributed by atoms with E-state index in [1.165, 1.54) is 0 Å². The molecule has 3 N–H and O–H groups in total. The molecular weight excluding hydrogens is 282 g/mol. The molecule has 1 atom stereocenters. The summed E-state index contributed by atoms with van der Waals surface area (Å²) >= 11 is 1.69. The van der Waals surface area contributed by atoms with Crippen LogP contribution in [0, 0.1) is 0 Å². The van der Waals surface area contributed by atoms with Crippen LogP contribution >= 0.6 is 11.3 Å². The maximum absolute atomic E-state index is 5.71. The zero-order valence-corrected chi connectivity index (χ0v) is 13.8. The number of hydrazine groups is 1. The van der Waals surface area contributed by atoms with Crippen molar-refractivity contribution in [3.63, 3.8) is 0 Å². The number of aromatic nitrogens is 1. The van der Waals surface area contributed by atoms with Gasteiger partial charge in [0, 0.05) is 17.2 Å². The second-order valence-electron chi connectivity index (χ2n) is 6.07. The van der Waals surface area contributed by atoms with Crippen LogP contribution < -0.4 is 16.0 Å². The van der Waals surface area contributed by atoms with Gasteiger partial charge in [-0.15, -0.1) is 11.3 Å². The molecule has 0 bridgehead atoms. The third-order valence-electron chi connectivity index (χ3n) is 3.42. The predicted octanol–water partition coefficient (Wildman–Crippen LogP) is 3.20. The van der Waals surface area contributed by atoms with Gasteiger partial charge in [-0.3, -0.25) is 11.3 Å². The van der Waals surface area contributed by atoms with Crippen molar-refractivity contribution >= 4 is 11.3 Å². The van der Waals surface area contributed by atoms with Crippen LogP contribution in [0.15, 0.2) is 29.6 Å². The summed E-state index contributed by atoms with van der Waals surface area (Å²) in [6, 6.07) is 8.00. The van der Waals surface area contributed by atoms with Gasteiger partial charge in [0.15, 0.2) is 0 Å². The number of nitrogens with zero attached hydrogens (tertiary/aromatic N) is 1. The first-order chi connectivity index (χ1) is 9.94. The Kier molecular flexibility index (Phi) is 4.98. The number of hydrogen-bond donors (Lipinski definition) is 2. The van der Waals surface area contributed by atoms with E-state index in [9.17, 15) is 0 Å². The Morgan fingerprint density at radius 1 is 1.29 bits per heavy atom. The summed E-state index contributed by atoms with van der Waals surface area (Å²) in [5, 5.41) is 3.23. The van der Waals surface area contributed by atoms with E-state index in [0.29, 0.717) is 0 Å². The minimum atomic E-state index is 0.0508. The molecule has 0 spiro atoms. The van der Waals surface area contributed by atoms with Gasteiger partial charge in [0.05, 0.1) is 23.9 Å². The SMILES string of the molecule is COc1ccc(C(Cc2nc(C(C)(C)C)cs2)NN)cc1. The average Bonchev–Trinajstić information content (AvgIpc) is 2.93. The molecule has 1 unspecified atom stereocenters. The van der Waals surface area contributed by atoms with Crippen LogP contribution in [0.3, 0.4) is 0 Å². The number of methoxy groups -OCH3 is 1. The highest BCUT2D eigenvalue weighted by molar-refractivity contribution is 7.09. The minimum Gasteiger partial charge on any atom is -0.497 e. The van der Waals surface area contributed by atoms with Crippen molar-refractivity contribution < 1.29 is 4.74 Å². The quantitative estimate of drug-likeness (QED) is 0.658. The Hall–Kier alpha value is -1.43. The summed E-state index contributed by atoms with van der Waals surface area (Å²) in [4.78, 5) is 4.73. The van der Waals surface area contributed by atoms with Gasteiger partial charge in [-0.25, -0.2) is 4.98 Å². The van der Waals surface area contributed by atoms with Gasteiger partial charge in [-0.2, -0.15) is 0 Å². The lowest BCUT2D eigenvalue weighted by Crippen LogP contribution is -2.29. The topological polar surface area (TPSA) is 60.2 Å². The zero-order valence-electron chi connectivity index (χ0n) is 13.0. The molecule has 0 fully saturated rings. The molecule has 0 amide bonds. The highest BCUT2D eigenvalue weighted by Gasteiger charge is 2.19. The fraction of sp³-hybridized carbons (Fsp3) is 0.438. The third kappa shape index (κ3) is 4.03. The summed E-state index contributed by atoms with van der Waals surface area (Å²) < 4.78 is 5.18. The molecular formula is C16H23N3OS. The number of ether oxygens (including phenoxy) is 1. The van der Waals surface area contributed by atoms with Crippen LogP contribution in [-0.4, -0.2) is 12.1 Å². The van der Waals surface area contributed by atoms with Gasteiger partial charge in [-0.1, -0.05) is 32.9 Å². The van der Waals surface area contributed by atoms with Gasteiger partial charge in [-0.05, 0) is 17.7 Å². The summed E-state index contributed by atoms with van der Waals surface area (Å²) in [7, 11) is 1.66. The number of hydrogen-bond acceptors (Lipinski definition) is 5.